The second-order valence-electron chi connectivity index (χ2n) is 16.4. The van der Waals surface area contributed by atoms with Crippen LogP contribution in [0.25, 0.3) is 0 Å². The van der Waals surface area contributed by atoms with E-state index in [0.717, 1.165) is 11.5 Å². The van der Waals surface area contributed by atoms with Crippen molar-refractivity contribution in [1.29, 1.82) is 0 Å². The normalized spacial score (nSPS) is 24.9. The lowest BCUT2D eigenvalue weighted by Gasteiger charge is -2.41. The highest BCUT2D eigenvalue weighted by Gasteiger charge is 2.62. The van der Waals surface area contributed by atoms with Gasteiger partial charge in [-0.15, -0.1) is 0 Å². The molecule has 0 aromatic carbocycles. The molecule has 3 rings (SSSR count). The van der Waals surface area contributed by atoms with Gasteiger partial charge < -0.3 is 0 Å². The Morgan fingerprint density at radius 3 is 1.06 bits per heavy atom. The Hall–Kier alpha value is 0.388. The molecule has 204 valence electrons. The molecule has 0 amide bonds. The number of hydrogen-bond donors (Lipinski definition) is 0. The summed E-state index contributed by atoms with van der Waals surface area (Å²) in [5.74, 6) is 2.04. The molecule has 36 heavy (non-hydrogen) atoms. The minimum atomic E-state index is -1.72. The van der Waals surface area contributed by atoms with Crippen LogP contribution in [0.4, 0.5) is 0 Å². The molecule has 1 fully saturated rings. The summed E-state index contributed by atoms with van der Waals surface area (Å²) in [5.41, 5.74) is 4.20. The summed E-state index contributed by atoms with van der Waals surface area (Å²) in [4.78, 5) is 0. The number of carbonyl (C=O) groups excluding carboxylic acids is 2. The van der Waals surface area contributed by atoms with Crippen LogP contribution in [-0.4, -0.2) is 54.0 Å². The summed E-state index contributed by atoms with van der Waals surface area (Å²) in [6.45, 7) is 40.0. The van der Waals surface area contributed by atoms with Crippen molar-refractivity contribution >= 4 is 66.0 Å². The highest BCUT2D eigenvalue weighted by molar-refractivity contribution is 8.15. The minimum Gasteiger partial charge on any atom is -0.217 e. The van der Waals surface area contributed by atoms with Crippen molar-refractivity contribution in [2.24, 2.45) is 0 Å². The lowest BCUT2D eigenvalue weighted by Crippen LogP contribution is -2.47. The highest BCUT2D eigenvalue weighted by atomic mass is 32.2. The molecule has 3 aliphatic rings. The molecule has 3 heterocycles. The number of fused-ring (bicyclic) bond motifs is 4. The van der Waals surface area contributed by atoms with Crippen LogP contribution in [0.1, 0.15) is 41.5 Å². The van der Waals surface area contributed by atoms with Crippen molar-refractivity contribution in [3.8, 4) is 0 Å². The predicted octanol–water partition coefficient (Wildman–Crippen LogP) is 9.64. The average Bonchev–Trinajstić information content (AvgIpc) is 3.19. The largest absolute Gasteiger partial charge is 0.367 e. The minimum absolute atomic E-state index is 0.302. The molecule has 0 saturated carbocycles. The van der Waals surface area contributed by atoms with E-state index in [1.54, 1.807) is 11.1 Å². The molecule has 8 heteroatoms. The quantitative estimate of drug-likeness (QED) is 0.237. The van der Waals surface area contributed by atoms with Gasteiger partial charge in [0.2, 0.25) is 16.1 Å². The van der Waals surface area contributed by atoms with Crippen LogP contribution in [0.15, 0.2) is 21.9 Å². The summed E-state index contributed by atoms with van der Waals surface area (Å²) in [6.07, 6.45) is 0. The third-order valence-corrected chi connectivity index (χ3v) is 27.5. The van der Waals surface area contributed by atoms with Gasteiger partial charge in [-0.25, -0.2) is 8.85 Å². The number of thioether (sulfide) groups is 2. The van der Waals surface area contributed by atoms with Crippen molar-refractivity contribution < 1.29 is 8.85 Å². The van der Waals surface area contributed by atoms with E-state index in [0.29, 0.717) is 21.2 Å². The maximum absolute atomic E-state index is 7.02. The third kappa shape index (κ3) is 5.38. The van der Waals surface area contributed by atoms with Gasteiger partial charge in [0.1, 0.15) is 11.1 Å². The number of rotatable bonds is 4. The van der Waals surface area contributed by atoms with E-state index in [1.807, 2.05) is 23.5 Å². The van der Waals surface area contributed by atoms with E-state index >= 15 is 0 Å². The monoisotopic (exact) mass is 598 g/mol. The smallest absolute Gasteiger partial charge is 0.217 e. The molecule has 0 radical (unpaired) electrons. The van der Waals surface area contributed by atoms with Gasteiger partial charge in [-0.3, -0.25) is 0 Å². The maximum Gasteiger partial charge on any atom is 0.367 e. The summed E-state index contributed by atoms with van der Waals surface area (Å²) in [6, 6.07) is 0. The second-order valence-corrected chi connectivity index (χ2v) is 39.3. The van der Waals surface area contributed by atoms with Gasteiger partial charge in [-0.05, 0) is 33.6 Å². The standard InChI is InChI=1S/C28H54O2S2Si4/c1-27(2,3)35(13,14)21-19-17-32-24-22(36(15,16)28(4,5)6)20(26(30-24)34(10,11)12)18-31-23(21)29-25(19)33(7,8)9/h21-22H,17-18H2,1-16H3/q+2. The maximum atomic E-state index is 7.02. The van der Waals surface area contributed by atoms with E-state index in [9.17, 15) is 0 Å². The third-order valence-electron chi connectivity index (χ3n) is 9.57. The zero-order valence-electron chi connectivity index (χ0n) is 26.2. The lowest BCUT2D eigenvalue weighted by atomic mass is 10.2. The van der Waals surface area contributed by atoms with Crippen molar-refractivity contribution in [3.63, 3.8) is 0 Å². The van der Waals surface area contributed by atoms with E-state index in [4.69, 9.17) is 8.85 Å². The van der Waals surface area contributed by atoms with Gasteiger partial charge in [0, 0.05) is 22.7 Å². The highest BCUT2D eigenvalue weighted by Crippen LogP contribution is 2.57. The van der Waals surface area contributed by atoms with E-state index < -0.39 is 32.3 Å². The Labute approximate surface area is 235 Å². The average molecular weight is 599 g/mol. The first-order valence-corrected chi connectivity index (χ1v) is 28.9. The molecule has 3 aliphatic heterocycles. The summed E-state index contributed by atoms with van der Waals surface area (Å²) in [5, 5.41) is 5.99. The SMILES string of the molecule is CC(C)(C)[Si](C)(C)C1C2=[O+]C([Si](C)(C)C)=C1CSC1=[O+]C([Si](C)(C)C)=C(CS2)C1[Si](C)(C)C(C)(C)C. The molecule has 0 aliphatic carbocycles. The fourth-order valence-electron chi connectivity index (χ4n) is 5.41. The molecular weight excluding hydrogens is 545 g/mol. The van der Waals surface area contributed by atoms with Crippen molar-refractivity contribution in [3.05, 3.63) is 21.9 Å². The first-order chi connectivity index (χ1) is 15.9. The van der Waals surface area contributed by atoms with E-state index in [2.05, 4.69) is 107 Å². The van der Waals surface area contributed by atoms with Gasteiger partial charge in [-0.1, -0.05) is 107 Å². The van der Waals surface area contributed by atoms with Gasteiger partial charge in [0.05, 0.1) is 16.1 Å². The van der Waals surface area contributed by atoms with Gasteiger partial charge in [0.25, 0.3) is 10.8 Å². The van der Waals surface area contributed by atoms with Crippen molar-refractivity contribution in [2.75, 3.05) is 11.5 Å². The Morgan fingerprint density at radius 1 is 0.556 bits per heavy atom. The zero-order chi connectivity index (χ0) is 27.9. The molecule has 2 unspecified atom stereocenters. The summed E-state index contributed by atoms with van der Waals surface area (Å²) >= 11 is 4.07. The predicted molar refractivity (Wildman–Crippen MR) is 178 cm³/mol. The zero-order valence-corrected chi connectivity index (χ0v) is 31.8. The molecule has 4 bridgehead atoms. The summed E-state index contributed by atoms with van der Waals surface area (Å²) in [7, 11) is -6.71. The van der Waals surface area contributed by atoms with Crippen LogP contribution in [-0.2, 0) is 8.85 Å². The van der Waals surface area contributed by atoms with Crippen LogP contribution in [0.3, 0.4) is 0 Å². The van der Waals surface area contributed by atoms with E-state index in [-0.39, 0.29) is 0 Å². The van der Waals surface area contributed by atoms with E-state index in [1.165, 1.54) is 21.0 Å². The first kappa shape index (κ1) is 30.9. The fraction of sp³-hybridized carbons (Fsp3) is 0.786. The first-order valence-electron chi connectivity index (χ1n) is 13.7. The molecule has 0 N–H and O–H groups in total. The summed E-state index contributed by atoms with van der Waals surface area (Å²) < 4.78 is 14.0. The van der Waals surface area contributed by atoms with Crippen LogP contribution >= 0.6 is 23.5 Å². The molecule has 1 saturated heterocycles. The Kier molecular flexibility index (Phi) is 8.16. The molecular formula is C28H54O2S2Si4+2. The van der Waals surface area contributed by atoms with Crippen LogP contribution in [0, 0.1) is 0 Å². The lowest BCUT2D eigenvalue weighted by molar-refractivity contribution is -0.379. The molecule has 2 atom stereocenters. The topological polar surface area (TPSA) is 22.6 Å². The molecule has 0 aromatic heterocycles. The second kappa shape index (κ2) is 9.49. The fourth-order valence-corrected chi connectivity index (χ4v) is 19.2. The van der Waals surface area contributed by atoms with Gasteiger partial charge >= 0.3 is 10.2 Å². The van der Waals surface area contributed by atoms with Crippen molar-refractivity contribution in [1.82, 2.24) is 0 Å². The van der Waals surface area contributed by atoms with Crippen LogP contribution in [0.5, 0.6) is 0 Å². The number of hydrogen-bond acceptors (Lipinski definition) is 2. The Balaban J connectivity index is 2.24. The molecule has 0 aromatic rings. The molecule has 0 spiro atoms. The van der Waals surface area contributed by atoms with Crippen LogP contribution < -0.4 is 0 Å². The van der Waals surface area contributed by atoms with Crippen LogP contribution in [0.2, 0.25) is 86.6 Å². The Bertz CT molecular complexity index is 955. The Morgan fingerprint density at radius 2 is 0.833 bits per heavy atom. The van der Waals surface area contributed by atoms with Gasteiger partial charge in [-0.2, -0.15) is 0 Å². The molecule has 2 nitrogen and oxygen atoms in total. The van der Waals surface area contributed by atoms with Gasteiger partial charge in [0.15, 0.2) is 0 Å². The van der Waals surface area contributed by atoms with Crippen molar-refractivity contribution in [2.45, 2.75) is 128 Å².